The Hall–Kier alpha value is -1.97. The van der Waals surface area contributed by atoms with Crippen molar-refractivity contribution in [1.29, 1.82) is 0 Å². The summed E-state index contributed by atoms with van der Waals surface area (Å²) in [6.45, 7) is 5.41. The molecule has 1 aromatic carbocycles. The first-order valence-corrected chi connectivity index (χ1v) is 5.86. The van der Waals surface area contributed by atoms with Crippen LogP contribution in [0, 0.1) is 0 Å². The molecule has 4 heteroatoms. The Morgan fingerprint density at radius 3 is 2.78 bits per heavy atom. The molecule has 0 unspecified atom stereocenters. The van der Waals surface area contributed by atoms with Crippen molar-refractivity contribution in [2.75, 3.05) is 6.61 Å². The molecular weight excluding hydrogens is 230 g/mol. The topological polar surface area (TPSA) is 51.3 Å². The van der Waals surface area contributed by atoms with Crippen LogP contribution in [0.25, 0.3) is 10.9 Å². The Bertz CT molecular complexity index is 551. The van der Waals surface area contributed by atoms with Gasteiger partial charge in [0.1, 0.15) is 11.4 Å². The van der Waals surface area contributed by atoms with E-state index in [9.17, 15) is 4.79 Å². The second-order valence-electron chi connectivity index (χ2n) is 5.07. The van der Waals surface area contributed by atoms with Gasteiger partial charge in [-0.15, -0.1) is 0 Å². The van der Waals surface area contributed by atoms with E-state index in [4.69, 9.17) is 9.47 Å². The number of nitrogens with one attached hydrogen (secondary N) is 1. The minimum Gasteiger partial charge on any atom is -0.481 e. The molecule has 0 atom stereocenters. The molecule has 0 bridgehead atoms. The second-order valence-corrected chi connectivity index (χ2v) is 5.07. The van der Waals surface area contributed by atoms with Gasteiger partial charge in [-0.3, -0.25) is 0 Å². The van der Waals surface area contributed by atoms with Crippen LogP contribution < -0.4 is 4.74 Å². The standard InChI is InChI=1S/C14H17NO3/c1-14(2,3)18-13(16)9-17-12-6-4-5-11-10(12)7-8-15-11/h4-8,15H,9H2,1-3H3. The fourth-order valence-corrected chi connectivity index (χ4v) is 1.69. The molecule has 18 heavy (non-hydrogen) atoms. The first-order chi connectivity index (χ1) is 8.46. The lowest BCUT2D eigenvalue weighted by atomic mass is 10.2. The smallest absolute Gasteiger partial charge is 0.344 e. The fourth-order valence-electron chi connectivity index (χ4n) is 1.69. The number of carbonyl (C=O) groups excluding carboxylic acids is 1. The Kier molecular flexibility index (Phi) is 3.28. The van der Waals surface area contributed by atoms with Gasteiger partial charge in [0, 0.05) is 17.1 Å². The van der Waals surface area contributed by atoms with Crippen molar-refractivity contribution in [3.05, 3.63) is 30.5 Å². The summed E-state index contributed by atoms with van der Waals surface area (Å²) >= 11 is 0. The number of ether oxygens (including phenoxy) is 2. The van der Waals surface area contributed by atoms with E-state index in [0.29, 0.717) is 5.75 Å². The van der Waals surface area contributed by atoms with Crippen LogP contribution in [0.2, 0.25) is 0 Å². The largest absolute Gasteiger partial charge is 0.481 e. The van der Waals surface area contributed by atoms with E-state index in [1.54, 1.807) is 0 Å². The Labute approximate surface area is 106 Å². The summed E-state index contributed by atoms with van der Waals surface area (Å²) in [5.41, 5.74) is 0.497. The van der Waals surface area contributed by atoms with E-state index in [1.165, 1.54) is 0 Å². The third-order valence-corrected chi connectivity index (χ3v) is 2.32. The van der Waals surface area contributed by atoms with Gasteiger partial charge in [-0.05, 0) is 39.0 Å². The highest BCUT2D eigenvalue weighted by Crippen LogP contribution is 2.24. The number of aromatic nitrogens is 1. The number of hydrogen-bond acceptors (Lipinski definition) is 3. The molecule has 0 aliphatic carbocycles. The van der Waals surface area contributed by atoms with E-state index < -0.39 is 5.60 Å². The van der Waals surface area contributed by atoms with Gasteiger partial charge in [-0.1, -0.05) is 6.07 Å². The lowest BCUT2D eigenvalue weighted by Gasteiger charge is -2.19. The van der Waals surface area contributed by atoms with E-state index in [0.717, 1.165) is 10.9 Å². The molecule has 0 radical (unpaired) electrons. The Morgan fingerprint density at radius 2 is 2.06 bits per heavy atom. The van der Waals surface area contributed by atoms with Gasteiger partial charge in [0.25, 0.3) is 0 Å². The van der Waals surface area contributed by atoms with E-state index in [-0.39, 0.29) is 12.6 Å². The summed E-state index contributed by atoms with van der Waals surface area (Å²) in [4.78, 5) is 14.6. The lowest BCUT2D eigenvalue weighted by Crippen LogP contribution is -2.27. The molecule has 4 nitrogen and oxygen atoms in total. The molecule has 2 rings (SSSR count). The summed E-state index contributed by atoms with van der Waals surface area (Å²) in [6.07, 6.45) is 1.84. The molecule has 96 valence electrons. The van der Waals surface area contributed by atoms with Crippen molar-refractivity contribution in [2.24, 2.45) is 0 Å². The van der Waals surface area contributed by atoms with Crippen LogP contribution in [0.15, 0.2) is 30.5 Å². The van der Waals surface area contributed by atoms with Crippen LogP contribution in [0.1, 0.15) is 20.8 Å². The molecule has 1 N–H and O–H groups in total. The molecule has 0 aliphatic rings. The SMILES string of the molecule is CC(C)(C)OC(=O)COc1cccc2[nH]ccc12. The normalized spacial score (nSPS) is 11.5. The molecule has 0 fully saturated rings. The zero-order valence-electron chi connectivity index (χ0n) is 10.8. The first kappa shape index (κ1) is 12.5. The number of benzene rings is 1. The maximum absolute atomic E-state index is 11.6. The monoisotopic (exact) mass is 247 g/mol. The highest BCUT2D eigenvalue weighted by molar-refractivity contribution is 5.86. The molecule has 1 heterocycles. The predicted octanol–water partition coefficient (Wildman–Crippen LogP) is 2.89. The quantitative estimate of drug-likeness (QED) is 0.848. The molecule has 0 aliphatic heterocycles. The maximum atomic E-state index is 11.6. The minimum absolute atomic E-state index is 0.0818. The van der Waals surface area contributed by atoms with Crippen molar-refractivity contribution >= 4 is 16.9 Å². The van der Waals surface area contributed by atoms with Gasteiger partial charge in [-0.25, -0.2) is 4.79 Å². The zero-order valence-corrected chi connectivity index (χ0v) is 10.8. The van der Waals surface area contributed by atoms with Crippen LogP contribution in [-0.4, -0.2) is 23.2 Å². The van der Waals surface area contributed by atoms with Crippen molar-refractivity contribution in [3.63, 3.8) is 0 Å². The molecular formula is C14H17NO3. The number of hydrogen-bond donors (Lipinski definition) is 1. The van der Waals surface area contributed by atoms with Gasteiger partial charge < -0.3 is 14.5 Å². The van der Waals surface area contributed by atoms with Crippen molar-refractivity contribution in [2.45, 2.75) is 26.4 Å². The third kappa shape index (κ3) is 3.03. The van der Waals surface area contributed by atoms with Crippen LogP contribution in [0.3, 0.4) is 0 Å². The molecule has 0 spiro atoms. The van der Waals surface area contributed by atoms with Crippen LogP contribution in [-0.2, 0) is 9.53 Å². The number of rotatable bonds is 3. The number of aromatic amines is 1. The number of H-pyrrole nitrogens is 1. The Balaban J connectivity index is 2.02. The third-order valence-electron chi connectivity index (χ3n) is 2.32. The number of esters is 1. The first-order valence-electron chi connectivity index (χ1n) is 5.86. The van der Waals surface area contributed by atoms with Crippen LogP contribution >= 0.6 is 0 Å². The number of carbonyl (C=O) groups is 1. The van der Waals surface area contributed by atoms with Crippen molar-refractivity contribution in [1.82, 2.24) is 4.98 Å². The summed E-state index contributed by atoms with van der Waals surface area (Å²) < 4.78 is 10.7. The van der Waals surface area contributed by atoms with Crippen molar-refractivity contribution < 1.29 is 14.3 Å². The molecule has 2 aromatic rings. The maximum Gasteiger partial charge on any atom is 0.344 e. The van der Waals surface area contributed by atoms with Crippen LogP contribution in [0.4, 0.5) is 0 Å². The van der Waals surface area contributed by atoms with Gasteiger partial charge in [0.15, 0.2) is 6.61 Å². The summed E-state index contributed by atoms with van der Waals surface area (Å²) in [5.74, 6) is 0.314. The summed E-state index contributed by atoms with van der Waals surface area (Å²) in [5, 5.41) is 0.959. The van der Waals surface area contributed by atoms with E-state index >= 15 is 0 Å². The fraction of sp³-hybridized carbons (Fsp3) is 0.357. The average molecular weight is 247 g/mol. The summed E-state index contributed by atoms with van der Waals surface area (Å²) in [7, 11) is 0. The number of fused-ring (bicyclic) bond motifs is 1. The van der Waals surface area contributed by atoms with Gasteiger partial charge in [-0.2, -0.15) is 0 Å². The lowest BCUT2D eigenvalue weighted by molar-refractivity contribution is -0.157. The van der Waals surface area contributed by atoms with E-state index in [1.807, 2.05) is 51.2 Å². The molecule has 0 amide bonds. The summed E-state index contributed by atoms with van der Waals surface area (Å²) in [6, 6.07) is 7.58. The highest BCUT2D eigenvalue weighted by Gasteiger charge is 2.16. The van der Waals surface area contributed by atoms with Gasteiger partial charge in [0.05, 0.1) is 0 Å². The van der Waals surface area contributed by atoms with Gasteiger partial charge in [0.2, 0.25) is 0 Å². The zero-order chi connectivity index (χ0) is 13.2. The van der Waals surface area contributed by atoms with Crippen molar-refractivity contribution in [3.8, 4) is 5.75 Å². The van der Waals surface area contributed by atoms with E-state index in [2.05, 4.69) is 4.98 Å². The van der Waals surface area contributed by atoms with Crippen LogP contribution in [0.5, 0.6) is 5.75 Å². The second kappa shape index (κ2) is 4.72. The molecule has 0 saturated heterocycles. The average Bonchev–Trinajstić information content (AvgIpc) is 2.72. The highest BCUT2D eigenvalue weighted by atomic mass is 16.6. The molecule has 0 saturated carbocycles. The Morgan fingerprint density at radius 1 is 1.28 bits per heavy atom. The minimum atomic E-state index is -0.486. The van der Waals surface area contributed by atoms with Gasteiger partial charge >= 0.3 is 5.97 Å². The predicted molar refractivity (Wildman–Crippen MR) is 69.6 cm³/mol. The molecule has 1 aromatic heterocycles.